The van der Waals surface area contributed by atoms with E-state index in [4.69, 9.17) is 5.73 Å². The molecule has 1 unspecified atom stereocenters. The Bertz CT molecular complexity index is 973. The van der Waals surface area contributed by atoms with Gasteiger partial charge in [-0.2, -0.15) is 0 Å². The van der Waals surface area contributed by atoms with Gasteiger partial charge in [-0.1, -0.05) is 6.07 Å². The number of imide groups is 1. The third kappa shape index (κ3) is 6.15. The van der Waals surface area contributed by atoms with E-state index in [1.54, 1.807) is 12.1 Å². The fourth-order valence-electron chi connectivity index (χ4n) is 4.78. The number of amides is 4. The van der Waals surface area contributed by atoms with Crippen LogP contribution < -0.4 is 21.3 Å². The van der Waals surface area contributed by atoms with E-state index >= 15 is 4.39 Å². The van der Waals surface area contributed by atoms with E-state index in [9.17, 15) is 19.2 Å². The van der Waals surface area contributed by atoms with Crippen molar-refractivity contribution in [2.75, 3.05) is 50.7 Å². The summed E-state index contributed by atoms with van der Waals surface area (Å²) in [5.41, 5.74) is 6.11. The predicted octanol–water partition coefficient (Wildman–Crippen LogP) is -0.177. The Morgan fingerprint density at radius 2 is 1.77 bits per heavy atom. The molecular formula is C24H33FN6O4. The van der Waals surface area contributed by atoms with Crippen LogP contribution in [-0.4, -0.2) is 91.3 Å². The Balaban J connectivity index is 1.28. The standard InChI is InChI=1S/C24H33FN6O4/c25-22-17(23(34)27-18-4-5-20(32)28-24(18)35)2-1-3-19(22)30-14-12-29(13-15-30)9-8-21(33)31-10-6-16(26)7-11-31/h1-3,16,18H,4-15,26H2,(H,27,34)(H,28,32,35). The molecule has 3 fully saturated rings. The number of hydrogen-bond donors (Lipinski definition) is 3. The number of carbonyl (C=O) groups excluding carboxylic acids is 4. The highest BCUT2D eigenvalue weighted by Crippen LogP contribution is 2.24. The van der Waals surface area contributed by atoms with Gasteiger partial charge in [0.2, 0.25) is 17.7 Å². The summed E-state index contributed by atoms with van der Waals surface area (Å²) in [7, 11) is 0. The SMILES string of the molecule is NC1CCN(C(=O)CCN2CCN(c3cccc(C(=O)NC4CCC(=O)NC4=O)c3F)CC2)CC1. The number of halogens is 1. The van der Waals surface area contributed by atoms with Crippen LogP contribution in [0, 0.1) is 5.82 Å². The highest BCUT2D eigenvalue weighted by atomic mass is 19.1. The molecule has 10 nitrogen and oxygen atoms in total. The van der Waals surface area contributed by atoms with Gasteiger partial charge in [-0.15, -0.1) is 0 Å². The number of rotatable bonds is 6. The lowest BCUT2D eigenvalue weighted by molar-refractivity contribution is -0.135. The van der Waals surface area contributed by atoms with Gasteiger partial charge in [-0.05, 0) is 31.4 Å². The number of anilines is 1. The van der Waals surface area contributed by atoms with Crippen LogP contribution in [-0.2, 0) is 14.4 Å². The van der Waals surface area contributed by atoms with E-state index in [1.807, 2.05) is 9.80 Å². The largest absolute Gasteiger partial charge is 0.367 e. The van der Waals surface area contributed by atoms with Crippen molar-refractivity contribution in [1.29, 1.82) is 0 Å². The molecule has 3 aliphatic rings. The second-order valence-corrected chi connectivity index (χ2v) is 9.41. The average molecular weight is 489 g/mol. The van der Waals surface area contributed by atoms with Crippen LogP contribution in [0.4, 0.5) is 10.1 Å². The molecule has 3 saturated heterocycles. The molecule has 4 amide bonds. The van der Waals surface area contributed by atoms with Gasteiger partial charge in [-0.3, -0.25) is 29.4 Å². The van der Waals surface area contributed by atoms with Crippen LogP contribution in [0.5, 0.6) is 0 Å². The van der Waals surface area contributed by atoms with Gasteiger partial charge in [0, 0.05) is 64.7 Å². The number of likely N-dealkylation sites (tertiary alicyclic amines) is 1. The summed E-state index contributed by atoms with van der Waals surface area (Å²) >= 11 is 0. The maximum absolute atomic E-state index is 15.3. The summed E-state index contributed by atoms with van der Waals surface area (Å²) < 4.78 is 15.3. The first-order chi connectivity index (χ1) is 16.8. The van der Waals surface area contributed by atoms with Gasteiger partial charge in [0.1, 0.15) is 6.04 Å². The highest BCUT2D eigenvalue weighted by molar-refractivity contribution is 6.04. The molecule has 0 radical (unpaired) electrons. The number of nitrogens with one attached hydrogen (secondary N) is 2. The third-order valence-electron chi connectivity index (χ3n) is 7.01. The lowest BCUT2D eigenvalue weighted by atomic mass is 10.0. The maximum atomic E-state index is 15.3. The van der Waals surface area contributed by atoms with Crippen LogP contribution in [0.2, 0.25) is 0 Å². The maximum Gasteiger partial charge on any atom is 0.254 e. The second kappa shape index (κ2) is 11.1. The van der Waals surface area contributed by atoms with Crippen molar-refractivity contribution in [3.05, 3.63) is 29.6 Å². The van der Waals surface area contributed by atoms with Gasteiger partial charge in [0.05, 0.1) is 11.3 Å². The van der Waals surface area contributed by atoms with E-state index in [0.29, 0.717) is 44.8 Å². The fourth-order valence-corrected chi connectivity index (χ4v) is 4.78. The fraction of sp³-hybridized carbons (Fsp3) is 0.583. The molecule has 0 spiro atoms. The van der Waals surface area contributed by atoms with E-state index < -0.39 is 23.7 Å². The number of carbonyl (C=O) groups is 4. The zero-order valence-electron chi connectivity index (χ0n) is 19.8. The first-order valence-corrected chi connectivity index (χ1v) is 12.3. The van der Waals surface area contributed by atoms with Crippen molar-refractivity contribution in [2.24, 2.45) is 5.73 Å². The van der Waals surface area contributed by atoms with E-state index in [1.165, 1.54) is 6.07 Å². The van der Waals surface area contributed by atoms with Gasteiger partial charge in [0.15, 0.2) is 5.82 Å². The van der Waals surface area contributed by atoms with Gasteiger partial charge in [0.25, 0.3) is 5.91 Å². The number of nitrogens with two attached hydrogens (primary N) is 1. The van der Waals surface area contributed by atoms with Gasteiger partial charge < -0.3 is 20.9 Å². The lowest BCUT2D eigenvalue weighted by Crippen LogP contribution is -2.52. The average Bonchev–Trinajstić information content (AvgIpc) is 2.85. The Hall–Kier alpha value is -3.05. The Kier molecular flexibility index (Phi) is 7.97. The van der Waals surface area contributed by atoms with Crippen molar-refractivity contribution in [1.82, 2.24) is 20.4 Å². The van der Waals surface area contributed by atoms with Crippen molar-refractivity contribution in [3.8, 4) is 0 Å². The monoisotopic (exact) mass is 488 g/mol. The summed E-state index contributed by atoms with van der Waals surface area (Å²) in [4.78, 5) is 54.3. The van der Waals surface area contributed by atoms with Crippen LogP contribution in [0.15, 0.2) is 18.2 Å². The number of nitrogens with zero attached hydrogens (tertiary/aromatic N) is 3. The first-order valence-electron chi connectivity index (χ1n) is 12.3. The van der Waals surface area contributed by atoms with Gasteiger partial charge in [-0.25, -0.2) is 4.39 Å². The summed E-state index contributed by atoms with van der Waals surface area (Å²) in [5, 5.41) is 4.70. The van der Waals surface area contributed by atoms with E-state index in [-0.39, 0.29) is 36.3 Å². The van der Waals surface area contributed by atoms with E-state index in [2.05, 4.69) is 15.5 Å². The molecule has 4 N–H and O–H groups in total. The summed E-state index contributed by atoms with van der Waals surface area (Å²) in [6, 6.07) is 3.96. The molecule has 1 aromatic rings. The van der Waals surface area contributed by atoms with Crippen LogP contribution >= 0.6 is 0 Å². The minimum Gasteiger partial charge on any atom is -0.367 e. The van der Waals surface area contributed by atoms with Crippen LogP contribution in [0.1, 0.15) is 42.5 Å². The third-order valence-corrected chi connectivity index (χ3v) is 7.01. The molecule has 3 heterocycles. The Labute approximate surface area is 204 Å². The topological polar surface area (TPSA) is 128 Å². The molecule has 190 valence electrons. The Morgan fingerprint density at radius 1 is 1.06 bits per heavy atom. The minimum atomic E-state index is -0.865. The van der Waals surface area contributed by atoms with Crippen molar-refractivity contribution >= 4 is 29.3 Å². The molecule has 0 aliphatic carbocycles. The molecule has 3 aliphatic heterocycles. The smallest absolute Gasteiger partial charge is 0.254 e. The number of piperidine rings is 2. The molecule has 35 heavy (non-hydrogen) atoms. The molecule has 4 rings (SSSR count). The molecule has 11 heteroatoms. The number of piperazine rings is 1. The van der Waals surface area contributed by atoms with Crippen molar-refractivity contribution in [3.63, 3.8) is 0 Å². The molecule has 0 aromatic heterocycles. The van der Waals surface area contributed by atoms with E-state index in [0.717, 1.165) is 25.9 Å². The lowest BCUT2D eigenvalue weighted by Gasteiger charge is -2.37. The van der Waals surface area contributed by atoms with Crippen molar-refractivity contribution in [2.45, 2.75) is 44.2 Å². The van der Waals surface area contributed by atoms with Gasteiger partial charge >= 0.3 is 0 Å². The quantitative estimate of drug-likeness (QED) is 0.474. The van der Waals surface area contributed by atoms with Crippen LogP contribution in [0.25, 0.3) is 0 Å². The molecule has 1 atom stereocenters. The summed E-state index contributed by atoms with van der Waals surface area (Å²) in [6.07, 6.45) is 2.47. The Morgan fingerprint density at radius 3 is 2.46 bits per heavy atom. The number of benzene rings is 1. The first kappa shape index (κ1) is 25.1. The summed E-state index contributed by atoms with van der Waals surface area (Å²) in [5.74, 6) is -2.13. The molecule has 1 aromatic carbocycles. The molecule has 0 saturated carbocycles. The van der Waals surface area contributed by atoms with Crippen LogP contribution in [0.3, 0.4) is 0 Å². The number of hydrogen-bond acceptors (Lipinski definition) is 7. The molecule has 0 bridgehead atoms. The predicted molar refractivity (Wildman–Crippen MR) is 127 cm³/mol. The van der Waals surface area contributed by atoms with Crippen molar-refractivity contribution < 1.29 is 23.6 Å². The zero-order valence-corrected chi connectivity index (χ0v) is 19.8. The zero-order chi connectivity index (χ0) is 24.9. The normalized spacial score (nSPS) is 22.2. The minimum absolute atomic E-state index is 0.126. The molecular weight excluding hydrogens is 455 g/mol. The summed E-state index contributed by atoms with van der Waals surface area (Å²) in [6.45, 7) is 4.62. The second-order valence-electron chi connectivity index (χ2n) is 9.41. The highest BCUT2D eigenvalue weighted by Gasteiger charge is 2.30.